The predicted molar refractivity (Wildman–Crippen MR) is 67.2 cm³/mol. The molecule has 0 unspecified atom stereocenters. The Kier molecular flexibility index (Phi) is 4.85. The molecular weight excluding hydrogens is 254 g/mol. The molecule has 2 N–H and O–H groups in total. The molecule has 0 saturated heterocycles. The summed E-state index contributed by atoms with van der Waals surface area (Å²) in [7, 11) is 0. The lowest BCUT2D eigenvalue weighted by atomic mass is 10.0. The molecule has 0 bridgehead atoms. The summed E-state index contributed by atoms with van der Waals surface area (Å²) >= 11 is 3.26. The van der Waals surface area contributed by atoms with Crippen LogP contribution in [0, 0.1) is 0 Å². The summed E-state index contributed by atoms with van der Waals surface area (Å²) in [6.07, 6.45) is 0.898. The number of benzene rings is 1. The van der Waals surface area contributed by atoms with Crippen LogP contribution in [-0.2, 0) is 0 Å². The van der Waals surface area contributed by atoms with Crippen LogP contribution in [0.1, 0.15) is 24.9 Å². The molecule has 82 valence electrons. The lowest BCUT2D eigenvalue weighted by Crippen LogP contribution is -2.11. The van der Waals surface area contributed by atoms with E-state index in [-0.39, 0.29) is 6.04 Å². The molecule has 0 spiro atoms. The standard InChI is InChI=1S/C12H16BrNO/c1-3-11(14)10-6-4-5-7-12(10)15-8-9(2)13/h4-7,11H,2-3,8,14H2,1H3/t11-/m0/s1. The van der Waals surface area contributed by atoms with E-state index >= 15 is 0 Å². The first-order valence-electron chi connectivity index (χ1n) is 4.95. The molecule has 1 aromatic carbocycles. The second-order valence-corrected chi connectivity index (χ2v) is 4.48. The molecule has 0 amide bonds. The molecule has 1 rings (SSSR count). The van der Waals surface area contributed by atoms with E-state index in [0.29, 0.717) is 6.61 Å². The Hall–Kier alpha value is -0.800. The van der Waals surface area contributed by atoms with Crippen molar-refractivity contribution in [3.63, 3.8) is 0 Å². The molecule has 3 heteroatoms. The summed E-state index contributed by atoms with van der Waals surface area (Å²) in [6, 6.07) is 7.88. The van der Waals surface area contributed by atoms with Crippen LogP contribution in [0.5, 0.6) is 5.75 Å². The summed E-state index contributed by atoms with van der Waals surface area (Å²) in [5.74, 6) is 0.840. The molecule has 0 fully saturated rings. The highest BCUT2D eigenvalue weighted by Gasteiger charge is 2.09. The first kappa shape index (κ1) is 12.3. The molecule has 0 aromatic heterocycles. The van der Waals surface area contributed by atoms with Gasteiger partial charge in [-0.05, 0) is 12.5 Å². The van der Waals surface area contributed by atoms with Crippen LogP contribution in [0.25, 0.3) is 0 Å². The summed E-state index contributed by atoms with van der Waals surface area (Å²) in [4.78, 5) is 0. The summed E-state index contributed by atoms with van der Waals surface area (Å²) in [5.41, 5.74) is 7.04. The van der Waals surface area contributed by atoms with Gasteiger partial charge in [-0.1, -0.05) is 47.6 Å². The van der Waals surface area contributed by atoms with Crippen LogP contribution in [0.2, 0.25) is 0 Å². The van der Waals surface area contributed by atoms with Crippen LogP contribution in [0.4, 0.5) is 0 Å². The van der Waals surface area contributed by atoms with E-state index in [4.69, 9.17) is 10.5 Å². The Morgan fingerprint density at radius 2 is 2.20 bits per heavy atom. The maximum Gasteiger partial charge on any atom is 0.124 e. The third-order valence-electron chi connectivity index (χ3n) is 2.14. The van der Waals surface area contributed by atoms with Crippen molar-refractivity contribution in [3.05, 3.63) is 40.9 Å². The molecule has 0 saturated carbocycles. The van der Waals surface area contributed by atoms with Gasteiger partial charge in [0.25, 0.3) is 0 Å². The van der Waals surface area contributed by atoms with E-state index in [1.165, 1.54) is 0 Å². The highest BCUT2D eigenvalue weighted by atomic mass is 79.9. The molecule has 15 heavy (non-hydrogen) atoms. The maximum absolute atomic E-state index is 5.99. The van der Waals surface area contributed by atoms with Crippen molar-refractivity contribution < 1.29 is 4.74 Å². The first-order valence-corrected chi connectivity index (χ1v) is 5.75. The van der Waals surface area contributed by atoms with E-state index in [9.17, 15) is 0 Å². The normalized spacial score (nSPS) is 12.2. The largest absolute Gasteiger partial charge is 0.488 e. The van der Waals surface area contributed by atoms with Gasteiger partial charge in [0.15, 0.2) is 0 Å². The molecular formula is C12H16BrNO. The van der Waals surface area contributed by atoms with Crippen molar-refractivity contribution in [2.75, 3.05) is 6.61 Å². The van der Waals surface area contributed by atoms with Crippen molar-refractivity contribution in [3.8, 4) is 5.75 Å². The molecule has 0 radical (unpaired) electrons. The molecule has 0 heterocycles. The smallest absolute Gasteiger partial charge is 0.124 e. The number of hydrogen-bond acceptors (Lipinski definition) is 2. The van der Waals surface area contributed by atoms with Crippen LogP contribution in [0.3, 0.4) is 0 Å². The van der Waals surface area contributed by atoms with E-state index in [2.05, 4.69) is 29.4 Å². The second kappa shape index (κ2) is 5.93. The molecule has 2 nitrogen and oxygen atoms in total. The minimum absolute atomic E-state index is 0.0322. The number of halogens is 1. The zero-order valence-corrected chi connectivity index (χ0v) is 10.5. The molecule has 1 aromatic rings. The van der Waals surface area contributed by atoms with Crippen molar-refractivity contribution in [2.45, 2.75) is 19.4 Å². The number of hydrogen-bond donors (Lipinski definition) is 1. The van der Waals surface area contributed by atoms with Crippen LogP contribution in [-0.4, -0.2) is 6.61 Å². The molecule has 0 aliphatic heterocycles. The highest BCUT2D eigenvalue weighted by molar-refractivity contribution is 9.11. The van der Waals surface area contributed by atoms with Gasteiger partial charge >= 0.3 is 0 Å². The summed E-state index contributed by atoms with van der Waals surface area (Å²) < 4.78 is 6.42. The first-order chi connectivity index (χ1) is 7.15. The van der Waals surface area contributed by atoms with Crippen LogP contribution in [0.15, 0.2) is 35.3 Å². The van der Waals surface area contributed by atoms with Gasteiger partial charge in [0.05, 0.1) is 0 Å². The SMILES string of the molecule is C=C(Br)COc1ccccc1[C@@H](N)CC. The van der Waals surface area contributed by atoms with Crippen molar-refractivity contribution in [1.29, 1.82) is 0 Å². The maximum atomic E-state index is 5.99. The zero-order valence-electron chi connectivity index (χ0n) is 8.87. The quantitative estimate of drug-likeness (QED) is 0.890. The summed E-state index contributed by atoms with van der Waals surface area (Å²) in [5, 5.41) is 0. The van der Waals surface area contributed by atoms with Gasteiger partial charge in [-0.15, -0.1) is 0 Å². The van der Waals surface area contributed by atoms with E-state index in [1.54, 1.807) is 0 Å². The van der Waals surface area contributed by atoms with Gasteiger partial charge in [-0.3, -0.25) is 0 Å². The summed E-state index contributed by atoms with van der Waals surface area (Å²) in [6.45, 7) is 6.25. The van der Waals surface area contributed by atoms with Crippen LogP contribution >= 0.6 is 15.9 Å². The topological polar surface area (TPSA) is 35.2 Å². The Labute approximate surface area is 99.3 Å². The zero-order chi connectivity index (χ0) is 11.3. The number of ether oxygens (including phenoxy) is 1. The van der Waals surface area contributed by atoms with Gasteiger partial charge in [0.2, 0.25) is 0 Å². The minimum atomic E-state index is 0.0322. The molecule has 0 aliphatic carbocycles. The van der Waals surface area contributed by atoms with Gasteiger partial charge in [0.1, 0.15) is 12.4 Å². The van der Waals surface area contributed by atoms with Gasteiger partial charge < -0.3 is 10.5 Å². The third-order valence-corrected chi connectivity index (χ3v) is 2.37. The molecule has 1 atom stereocenters. The van der Waals surface area contributed by atoms with E-state index in [1.807, 2.05) is 24.3 Å². The fourth-order valence-corrected chi connectivity index (χ4v) is 1.41. The highest BCUT2D eigenvalue weighted by Crippen LogP contribution is 2.25. The van der Waals surface area contributed by atoms with Crippen molar-refractivity contribution in [2.24, 2.45) is 5.73 Å². The lowest BCUT2D eigenvalue weighted by Gasteiger charge is -2.15. The minimum Gasteiger partial charge on any atom is -0.488 e. The van der Waals surface area contributed by atoms with Gasteiger partial charge in [0, 0.05) is 16.1 Å². The fourth-order valence-electron chi connectivity index (χ4n) is 1.29. The third kappa shape index (κ3) is 3.68. The second-order valence-electron chi connectivity index (χ2n) is 3.36. The van der Waals surface area contributed by atoms with Crippen molar-refractivity contribution in [1.82, 2.24) is 0 Å². The Bertz CT molecular complexity index is 338. The Morgan fingerprint density at radius 3 is 2.80 bits per heavy atom. The number of nitrogens with two attached hydrogens (primary N) is 1. The molecule has 0 aliphatic rings. The lowest BCUT2D eigenvalue weighted by molar-refractivity contribution is 0.353. The Balaban J connectivity index is 2.81. The average molecular weight is 270 g/mol. The van der Waals surface area contributed by atoms with Crippen molar-refractivity contribution >= 4 is 15.9 Å². The van der Waals surface area contributed by atoms with E-state index in [0.717, 1.165) is 22.2 Å². The average Bonchev–Trinajstić information content (AvgIpc) is 2.25. The Morgan fingerprint density at radius 1 is 1.53 bits per heavy atom. The van der Waals surface area contributed by atoms with Gasteiger partial charge in [-0.2, -0.15) is 0 Å². The van der Waals surface area contributed by atoms with E-state index < -0.39 is 0 Å². The number of para-hydroxylation sites is 1. The number of rotatable bonds is 5. The fraction of sp³-hybridized carbons (Fsp3) is 0.333. The van der Waals surface area contributed by atoms with Crippen LogP contribution < -0.4 is 10.5 Å². The van der Waals surface area contributed by atoms with Gasteiger partial charge in [-0.25, -0.2) is 0 Å². The predicted octanol–water partition coefficient (Wildman–Crippen LogP) is 3.38. The monoisotopic (exact) mass is 269 g/mol.